The van der Waals surface area contributed by atoms with E-state index in [0.717, 1.165) is 0 Å². The van der Waals surface area contributed by atoms with Crippen LogP contribution in [-0.4, -0.2) is 18.4 Å². The molecule has 0 aliphatic carbocycles. The molecule has 2 amide bonds. The number of hydrogen-bond donors (Lipinski definition) is 2. The standard InChI is InChI=1S/C17H16Cl2N2O3/c1-11(22)20-12-4-2-5-13(10-12)21-16(23)8-9-24-15-7-3-6-14(18)17(15)19/h2-7,10H,8-9H2,1H3,(H,20,22)(H,21,23). The van der Waals surface area contributed by atoms with E-state index in [-0.39, 0.29) is 24.8 Å². The van der Waals surface area contributed by atoms with Crippen molar-refractivity contribution < 1.29 is 14.3 Å². The van der Waals surface area contributed by atoms with Crippen LogP contribution in [-0.2, 0) is 9.59 Å². The van der Waals surface area contributed by atoms with E-state index in [2.05, 4.69) is 10.6 Å². The molecule has 126 valence electrons. The molecule has 0 bridgehead atoms. The van der Waals surface area contributed by atoms with Gasteiger partial charge in [-0.2, -0.15) is 0 Å². The molecule has 0 aromatic heterocycles. The van der Waals surface area contributed by atoms with Crippen LogP contribution in [0.1, 0.15) is 13.3 Å². The van der Waals surface area contributed by atoms with Gasteiger partial charge in [-0.15, -0.1) is 0 Å². The Morgan fingerprint density at radius 3 is 2.42 bits per heavy atom. The van der Waals surface area contributed by atoms with Crippen LogP contribution in [0.4, 0.5) is 11.4 Å². The van der Waals surface area contributed by atoms with Gasteiger partial charge in [-0.3, -0.25) is 9.59 Å². The number of carbonyl (C=O) groups excluding carboxylic acids is 2. The zero-order valence-electron chi connectivity index (χ0n) is 12.9. The number of carbonyl (C=O) groups is 2. The van der Waals surface area contributed by atoms with Crippen LogP contribution < -0.4 is 15.4 Å². The molecular formula is C17H16Cl2N2O3. The van der Waals surface area contributed by atoms with E-state index in [1.807, 2.05) is 0 Å². The molecule has 0 heterocycles. The van der Waals surface area contributed by atoms with Crippen LogP contribution >= 0.6 is 23.2 Å². The second-order valence-corrected chi connectivity index (χ2v) is 5.75. The number of anilines is 2. The van der Waals surface area contributed by atoms with Crippen LogP contribution in [0.2, 0.25) is 10.0 Å². The third kappa shape index (κ3) is 5.44. The van der Waals surface area contributed by atoms with E-state index < -0.39 is 0 Å². The molecule has 0 radical (unpaired) electrons. The van der Waals surface area contributed by atoms with E-state index in [1.165, 1.54) is 6.92 Å². The maximum absolute atomic E-state index is 12.0. The monoisotopic (exact) mass is 366 g/mol. The molecule has 0 atom stereocenters. The second kappa shape index (κ2) is 8.57. The van der Waals surface area contributed by atoms with Gasteiger partial charge in [-0.1, -0.05) is 35.3 Å². The highest BCUT2D eigenvalue weighted by atomic mass is 35.5. The van der Waals surface area contributed by atoms with Crippen LogP contribution in [0, 0.1) is 0 Å². The first-order chi connectivity index (χ1) is 11.5. The summed E-state index contributed by atoms with van der Waals surface area (Å²) in [7, 11) is 0. The lowest BCUT2D eigenvalue weighted by Crippen LogP contribution is -2.15. The van der Waals surface area contributed by atoms with Crippen LogP contribution in [0.3, 0.4) is 0 Å². The minimum Gasteiger partial charge on any atom is -0.491 e. The summed E-state index contributed by atoms with van der Waals surface area (Å²) in [6.45, 7) is 1.58. The first kappa shape index (κ1) is 18.1. The van der Waals surface area contributed by atoms with Gasteiger partial charge in [0, 0.05) is 18.3 Å². The topological polar surface area (TPSA) is 67.4 Å². The lowest BCUT2D eigenvalue weighted by molar-refractivity contribution is -0.116. The van der Waals surface area contributed by atoms with E-state index in [9.17, 15) is 9.59 Å². The van der Waals surface area contributed by atoms with Gasteiger partial charge < -0.3 is 15.4 Å². The molecule has 2 aromatic rings. The summed E-state index contributed by atoms with van der Waals surface area (Å²) in [5.74, 6) is 0.0445. The molecular weight excluding hydrogens is 351 g/mol. The highest BCUT2D eigenvalue weighted by Crippen LogP contribution is 2.31. The van der Waals surface area contributed by atoms with Crippen molar-refractivity contribution in [2.45, 2.75) is 13.3 Å². The number of rotatable bonds is 6. The number of nitrogens with one attached hydrogen (secondary N) is 2. The summed E-state index contributed by atoms with van der Waals surface area (Å²) >= 11 is 11.9. The molecule has 7 heteroatoms. The molecule has 0 aliphatic heterocycles. The van der Waals surface area contributed by atoms with Gasteiger partial charge in [0.05, 0.1) is 18.1 Å². The molecule has 24 heavy (non-hydrogen) atoms. The van der Waals surface area contributed by atoms with Crippen molar-refractivity contribution in [1.29, 1.82) is 0 Å². The number of hydrogen-bond acceptors (Lipinski definition) is 3. The molecule has 0 spiro atoms. The van der Waals surface area contributed by atoms with Gasteiger partial charge in [0.2, 0.25) is 11.8 Å². The lowest BCUT2D eigenvalue weighted by atomic mass is 10.2. The quantitative estimate of drug-likeness (QED) is 0.797. The summed E-state index contributed by atoms with van der Waals surface area (Å²) in [5.41, 5.74) is 1.20. The Balaban J connectivity index is 1.85. The Labute approximate surface area is 149 Å². The van der Waals surface area contributed by atoms with E-state index in [1.54, 1.807) is 42.5 Å². The fourth-order valence-corrected chi connectivity index (χ4v) is 2.30. The molecule has 0 unspecified atom stereocenters. The molecule has 0 aliphatic rings. The SMILES string of the molecule is CC(=O)Nc1cccc(NC(=O)CCOc2cccc(Cl)c2Cl)c1. The summed E-state index contributed by atoms with van der Waals surface area (Å²) in [5, 5.41) is 6.11. The lowest BCUT2D eigenvalue weighted by Gasteiger charge is -2.10. The summed E-state index contributed by atoms with van der Waals surface area (Å²) in [6, 6.07) is 11.9. The van der Waals surface area contributed by atoms with Crippen molar-refractivity contribution in [2.24, 2.45) is 0 Å². The van der Waals surface area contributed by atoms with Gasteiger partial charge in [-0.05, 0) is 30.3 Å². The Bertz CT molecular complexity index is 750. The Kier molecular flexibility index (Phi) is 6.46. The Morgan fingerprint density at radius 2 is 1.71 bits per heavy atom. The van der Waals surface area contributed by atoms with E-state index in [4.69, 9.17) is 27.9 Å². The van der Waals surface area contributed by atoms with Gasteiger partial charge in [0.1, 0.15) is 10.8 Å². The molecule has 2 aromatic carbocycles. The Morgan fingerprint density at radius 1 is 1.04 bits per heavy atom. The second-order valence-electron chi connectivity index (χ2n) is 4.96. The van der Waals surface area contributed by atoms with Gasteiger partial charge in [0.15, 0.2) is 0 Å². The minimum atomic E-state index is -0.215. The van der Waals surface area contributed by atoms with Crippen molar-refractivity contribution in [3.63, 3.8) is 0 Å². The molecule has 0 saturated carbocycles. The molecule has 2 rings (SSSR count). The number of benzene rings is 2. The zero-order chi connectivity index (χ0) is 17.5. The van der Waals surface area contributed by atoms with Crippen molar-refractivity contribution in [1.82, 2.24) is 0 Å². The average Bonchev–Trinajstić information content (AvgIpc) is 2.51. The minimum absolute atomic E-state index is 0.146. The summed E-state index contributed by atoms with van der Waals surface area (Å²) in [4.78, 5) is 23.0. The van der Waals surface area contributed by atoms with E-state index in [0.29, 0.717) is 27.2 Å². The number of ether oxygens (including phenoxy) is 1. The fourth-order valence-electron chi connectivity index (χ4n) is 1.95. The number of halogens is 2. The maximum Gasteiger partial charge on any atom is 0.227 e. The molecule has 2 N–H and O–H groups in total. The van der Waals surface area contributed by atoms with Crippen LogP contribution in [0.5, 0.6) is 5.75 Å². The molecule has 0 saturated heterocycles. The highest BCUT2D eigenvalue weighted by Gasteiger charge is 2.08. The molecule has 0 fully saturated rings. The summed E-state index contributed by atoms with van der Waals surface area (Å²) < 4.78 is 5.47. The van der Waals surface area contributed by atoms with Gasteiger partial charge >= 0.3 is 0 Å². The van der Waals surface area contributed by atoms with Crippen molar-refractivity contribution in [2.75, 3.05) is 17.2 Å². The van der Waals surface area contributed by atoms with Gasteiger partial charge in [-0.25, -0.2) is 0 Å². The first-order valence-electron chi connectivity index (χ1n) is 7.20. The number of amides is 2. The highest BCUT2D eigenvalue weighted by molar-refractivity contribution is 6.42. The Hall–Kier alpha value is -2.24. The van der Waals surface area contributed by atoms with Crippen molar-refractivity contribution >= 4 is 46.4 Å². The largest absolute Gasteiger partial charge is 0.491 e. The third-order valence-corrected chi connectivity index (χ3v) is 3.77. The van der Waals surface area contributed by atoms with E-state index >= 15 is 0 Å². The predicted octanol–water partition coefficient (Wildman–Crippen LogP) is 4.36. The van der Waals surface area contributed by atoms with Crippen molar-refractivity contribution in [3.8, 4) is 5.75 Å². The normalized spacial score (nSPS) is 10.1. The van der Waals surface area contributed by atoms with Gasteiger partial charge in [0.25, 0.3) is 0 Å². The average molecular weight is 367 g/mol. The van der Waals surface area contributed by atoms with Crippen molar-refractivity contribution in [3.05, 3.63) is 52.5 Å². The zero-order valence-corrected chi connectivity index (χ0v) is 14.4. The first-order valence-corrected chi connectivity index (χ1v) is 7.95. The van der Waals surface area contributed by atoms with Crippen LogP contribution in [0.25, 0.3) is 0 Å². The maximum atomic E-state index is 12.0. The molecule has 5 nitrogen and oxygen atoms in total. The third-order valence-electron chi connectivity index (χ3n) is 2.97. The van der Waals surface area contributed by atoms with Crippen LogP contribution in [0.15, 0.2) is 42.5 Å². The predicted molar refractivity (Wildman–Crippen MR) is 95.9 cm³/mol. The fraction of sp³-hybridized carbons (Fsp3) is 0.176. The smallest absolute Gasteiger partial charge is 0.227 e. The summed E-state index contributed by atoms with van der Waals surface area (Å²) in [6.07, 6.45) is 0.146.